The Balaban J connectivity index is 2.23. The molecule has 8 heteroatoms. The Morgan fingerprint density at radius 2 is 2.11 bits per heavy atom. The molecule has 1 saturated heterocycles. The molecule has 0 saturated carbocycles. The maximum absolute atomic E-state index is 11.0. The number of hydrogen-bond acceptors (Lipinski definition) is 6. The minimum absolute atomic E-state index is 0.0672. The molecule has 96 valence electrons. The summed E-state index contributed by atoms with van der Waals surface area (Å²) in [6.07, 6.45) is 2.36. The van der Waals surface area contributed by atoms with Crippen LogP contribution in [0, 0.1) is 0 Å². The number of aromatic nitrogens is 2. The van der Waals surface area contributed by atoms with Crippen LogP contribution in [0.1, 0.15) is 10.5 Å². The molecule has 1 fully saturated rings. The van der Waals surface area contributed by atoms with E-state index in [1.165, 1.54) is 11.1 Å². The number of hydrogen-bond donors (Lipinski definition) is 2. The zero-order valence-electron chi connectivity index (χ0n) is 9.31. The van der Waals surface area contributed by atoms with Crippen molar-refractivity contribution in [1.29, 1.82) is 0 Å². The van der Waals surface area contributed by atoms with E-state index in [2.05, 4.69) is 9.97 Å². The van der Waals surface area contributed by atoms with Gasteiger partial charge in [0, 0.05) is 6.54 Å². The molecular weight excluding hydrogens is 242 g/mol. The summed E-state index contributed by atoms with van der Waals surface area (Å²) in [6, 6.07) is -0.830. The Hall–Kier alpha value is -2.22. The molecule has 8 nitrogen and oxygen atoms in total. The van der Waals surface area contributed by atoms with Crippen LogP contribution in [0.5, 0.6) is 0 Å². The SMILES string of the molecule is O=C(O)c1cnc(N2CCOCC2C(=O)O)cn1. The molecule has 0 radical (unpaired) electrons. The molecule has 18 heavy (non-hydrogen) atoms. The minimum Gasteiger partial charge on any atom is -0.480 e. The Kier molecular flexibility index (Phi) is 3.38. The lowest BCUT2D eigenvalue weighted by atomic mass is 10.2. The van der Waals surface area contributed by atoms with Crippen LogP contribution in [0.25, 0.3) is 0 Å². The molecule has 1 aliphatic heterocycles. The van der Waals surface area contributed by atoms with Gasteiger partial charge >= 0.3 is 11.9 Å². The molecule has 0 aliphatic carbocycles. The first-order valence-corrected chi connectivity index (χ1v) is 5.22. The second-order valence-corrected chi connectivity index (χ2v) is 3.69. The van der Waals surface area contributed by atoms with Crippen LogP contribution in [-0.4, -0.2) is 57.9 Å². The maximum Gasteiger partial charge on any atom is 0.356 e. The van der Waals surface area contributed by atoms with Gasteiger partial charge in [0.15, 0.2) is 11.7 Å². The fraction of sp³-hybridized carbons (Fsp3) is 0.400. The molecule has 2 heterocycles. The van der Waals surface area contributed by atoms with Crippen LogP contribution in [0.15, 0.2) is 12.4 Å². The van der Waals surface area contributed by atoms with Crippen molar-refractivity contribution in [3.63, 3.8) is 0 Å². The highest BCUT2D eigenvalue weighted by Crippen LogP contribution is 2.16. The predicted molar refractivity (Wildman–Crippen MR) is 58.6 cm³/mol. The fourth-order valence-electron chi connectivity index (χ4n) is 1.66. The van der Waals surface area contributed by atoms with Crippen molar-refractivity contribution in [2.75, 3.05) is 24.7 Å². The molecule has 2 rings (SSSR count). The van der Waals surface area contributed by atoms with Gasteiger partial charge in [-0.15, -0.1) is 0 Å². The zero-order valence-corrected chi connectivity index (χ0v) is 9.31. The van der Waals surface area contributed by atoms with Gasteiger partial charge < -0.3 is 19.8 Å². The van der Waals surface area contributed by atoms with Crippen molar-refractivity contribution in [2.24, 2.45) is 0 Å². The molecule has 1 aromatic rings. The predicted octanol–water partition coefficient (Wildman–Crippen LogP) is -0.535. The summed E-state index contributed by atoms with van der Waals surface area (Å²) >= 11 is 0. The Labute approximate surface area is 102 Å². The minimum atomic E-state index is -1.18. The lowest BCUT2D eigenvalue weighted by molar-refractivity contribution is -0.141. The van der Waals surface area contributed by atoms with E-state index < -0.39 is 18.0 Å². The number of anilines is 1. The smallest absolute Gasteiger partial charge is 0.356 e. The van der Waals surface area contributed by atoms with Crippen molar-refractivity contribution in [2.45, 2.75) is 6.04 Å². The summed E-state index contributed by atoms with van der Waals surface area (Å²) in [5.74, 6) is -1.86. The van der Waals surface area contributed by atoms with E-state index in [-0.39, 0.29) is 12.3 Å². The molecule has 1 unspecified atom stereocenters. The van der Waals surface area contributed by atoms with Crippen LogP contribution < -0.4 is 4.90 Å². The summed E-state index contributed by atoms with van der Waals surface area (Å²) in [6.45, 7) is 0.835. The first kappa shape index (κ1) is 12.2. The van der Waals surface area contributed by atoms with Crippen LogP contribution in [0.3, 0.4) is 0 Å². The van der Waals surface area contributed by atoms with E-state index >= 15 is 0 Å². The van der Waals surface area contributed by atoms with Gasteiger partial charge in [0.05, 0.1) is 25.6 Å². The topological polar surface area (TPSA) is 113 Å². The third-order valence-corrected chi connectivity index (χ3v) is 2.57. The lowest BCUT2D eigenvalue weighted by Crippen LogP contribution is -2.50. The van der Waals surface area contributed by atoms with Gasteiger partial charge in [-0.25, -0.2) is 19.6 Å². The van der Waals surface area contributed by atoms with Gasteiger partial charge in [-0.2, -0.15) is 0 Å². The number of carboxylic acid groups (broad SMARTS) is 2. The molecular formula is C10H11N3O5. The number of rotatable bonds is 3. The average molecular weight is 253 g/mol. The number of ether oxygens (including phenoxy) is 1. The van der Waals surface area contributed by atoms with Crippen molar-refractivity contribution in [3.8, 4) is 0 Å². The quantitative estimate of drug-likeness (QED) is 0.738. The van der Waals surface area contributed by atoms with E-state index in [0.717, 1.165) is 6.20 Å². The van der Waals surface area contributed by atoms with Gasteiger partial charge in [-0.3, -0.25) is 0 Å². The average Bonchev–Trinajstić information content (AvgIpc) is 2.39. The van der Waals surface area contributed by atoms with E-state index in [1.807, 2.05) is 0 Å². The van der Waals surface area contributed by atoms with Gasteiger partial charge in [0.1, 0.15) is 5.82 Å². The molecule has 0 bridgehead atoms. The van der Waals surface area contributed by atoms with E-state index in [4.69, 9.17) is 14.9 Å². The normalized spacial score (nSPS) is 19.6. The summed E-state index contributed by atoms with van der Waals surface area (Å²) in [7, 11) is 0. The Bertz CT molecular complexity index is 461. The van der Waals surface area contributed by atoms with Crippen LogP contribution in [0.2, 0.25) is 0 Å². The first-order valence-electron chi connectivity index (χ1n) is 5.22. The fourth-order valence-corrected chi connectivity index (χ4v) is 1.66. The molecule has 0 aromatic carbocycles. The van der Waals surface area contributed by atoms with E-state index in [9.17, 15) is 9.59 Å². The van der Waals surface area contributed by atoms with E-state index in [1.54, 1.807) is 0 Å². The first-order chi connectivity index (χ1) is 8.59. The summed E-state index contributed by atoms with van der Waals surface area (Å²) in [5.41, 5.74) is -0.182. The number of carbonyl (C=O) groups is 2. The monoisotopic (exact) mass is 253 g/mol. The standard InChI is InChI=1S/C10H11N3O5/c14-9(15)6-3-12-8(4-11-6)13-1-2-18-5-7(13)10(16)17/h3-4,7H,1-2,5H2,(H,14,15)(H,16,17). The number of nitrogens with zero attached hydrogens (tertiary/aromatic N) is 3. The van der Waals surface area contributed by atoms with E-state index in [0.29, 0.717) is 19.0 Å². The highest BCUT2D eigenvalue weighted by molar-refractivity contribution is 5.85. The van der Waals surface area contributed by atoms with Gasteiger partial charge in [-0.05, 0) is 0 Å². The van der Waals surface area contributed by atoms with Crippen molar-refractivity contribution < 1.29 is 24.5 Å². The molecule has 1 atom stereocenters. The molecule has 1 aromatic heterocycles. The van der Waals surface area contributed by atoms with Gasteiger partial charge in [0.2, 0.25) is 0 Å². The summed E-state index contributed by atoms with van der Waals surface area (Å²) in [4.78, 5) is 30.8. The second-order valence-electron chi connectivity index (χ2n) is 3.69. The number of aromatic carboxylic acids is 1. The summed E-state index contributed by atoms with van der Waals surface area (Å²) in [5, 5.41) is 17.7. The highest BCUT2D eigenvalue weighted by Gasteiger charge is 2.30. The largest absolute Gasteiger partial charge is 0.480 e. The van der Waals surface area contributed by atoms with Gasteiger partial charge in [0.25, 0.3) is 0 Å². The van der Waals surface area contributed by atoms with Crippen LogP contribution in [-0.2, 0) is 9.53 Å². The third-order valence-electron chi connectivity index (χ3n) is 2.57. The zero-order chi connectivity index (χ0) is 13.1. The number of morpholine rings is 1. The second kappa shape index (κ2) is 4.96. The maximum atomic E-state index is 11.0. The molecule has 1 aliphatic rings. The van der Waals surface area contributed by atoms with Gasteiger partial charge in [-0.1, -0.05) is 0 Å². The molecule has 2 N–H and O–H groups in total. The van der Waals surface area contributed by atoms with Crippen LogP contribution in [0.4, 0.5) is 5.82 Å². The van der Waals surface area contributed by atoms with Crippen molar-refractivity contribution in [3.05, 3.63) is 18.1 Å². The Morgan fingerprint density at radius 3 is 2.67 bits per heavy atom. The number of aliphatic carboxylic acids is 1. The Morgan fingerprint density at radius 1 is 1.33 bits per heavy atom. The molecule has 0 spiro atoms. The van der Waals surface area contributed by atoms with Crippen LogP contribution >= 0.6 is 0 Å². The highest BCUT2D eigenvalue weighted by atomic mass is 16.5. The lowest BCUT2D eigenvalue weighted by Gasteiger charge is -2.33. The number of carboxylic acids is 2. The third kappa shape index (κ3) is 2.38. The molecule has 0 amide bonds. The summed E-state index contributed by atoms with van der Waals surface area (Å²) < 4.78 is 5.09. The van der Waals surface area contributed by atoms with Crippen molar-refractivity contribution >= 4 is 17.8 Å². The van der Waals surface area contributed by atoms with Crippen molar-refractivity contribution in [1.82, 2.24) is 9.97 Å².